The maximum Gasteiger partial charge on any atom is 0.335 e. The molecule has 2 fully saturated rings. The number of fused-ring (bicyclic) bond motifs is 1. The van der Waals surface area contributed by atoms with Gasteiger partial charge in [-0.3, -0.25) is 9.59 Å². The number of carboxylic acids is 1. The van der Waals surface area contributed by atoms with Gasteiger partial charge in [-0.25, -0.2) is 4.79 Å². The number of aliphatic hydroxyl groups is 1. The maximum absolute atomic E-state index is 12.6. The van der Waals surface area contributed by atoms with Gasteiger partial charge in [-0.1, -0.05) is 6.07 Å². The third kappa shape index (κ3) is 2.95. The van der Waals surface area contributed by atoms with Gasteiger partial charge < -0.3 is 24.7 Å². The van der Waals surface area contributed by atoms with E-state index in [-0.39, 0.29) is 19.1 Å². The number of anilines is 1. The first-order valence-electron chi connectivity index (χ1n) is 8.72. The predicted octanol–water partition coefficient (Wildman–Crippen LogP) is 0.230. The van der Waals surface area contributed by atoms with Gasteiger partial charge in [0.05, 0.1) is 6.61 Å². The Bertz CT molecular complexity index is 775. The number of nitrogens with zero attached hydrogens (tertiary/aromatic N) is 2. The molecule has 1 aliphatic carbocycles. The molecule has 1 saturated heterocycles. The van der Waals surface area contributed by atoms with Crippen molar-refractivity contribution in [2.24, 2.45) is 5.92 Å². The summed E-state index contributed by atoms with van der Waals surface area (Å²) in [4.78, 5) is 39.3. The van der Waals surface area contributed by atoms with E-state index < -0.39 is 24.1 Å². The fourth-order valence-electron chi connectivity index (χ4n) is 3.49. The number of rotatable bonds is 5. The molecule has 1 aromatic carbocycles. The molecule has 8 nitrogen and oxygen atoms in total. The van der Waals surface area contributed by atoms with Crippen molar-refractivity contribution in [3.8, 4) is 0 Å². The van der Waals surface area contributed by atoms with E-state index >= 15 is 0 Å². The molecule has 2 amide bonds. The molecule has 2 heterocycles. The first kappa shape index (κ1) is 17.0. The number of morpholine rings is 1. The van der Waals surface area contributed by atoms with Gasteiger partial charge in [0.1, 0.15) is 0 Å². The number of aliphatic hydroxyl groups excluding tert-OH is 1. The molecule has 0 radical (unpaired) electrons. The van der Waals surface area contributed by atoms with E-state index in [0.29, 0.717) is 23.7 Å². The molecular weight excluding hydrogens is 340 g/mol. The van der Waals surface area contributed by atoms with Crippen molar-refractivity contribution in [3.63, 3.8) is 0 Å². The van der Waals surface area contributed by atoms with Crippen LogP contribution in [0.4, 0.5) is 5.69 Å². The zero-order chi connectivity index (χ0) is 18.4. The van der Waals surface area contributed by atoms with Gasteiger partial charge in [0.25, 0.3) is 11.8 Å². The summed E-state index contributed by atoms with van der Waals surface area (Å²) in [5.74, 6) is -1.56. The lowest BCUT2D eigenvalue weighted by Crippen LogP contribution is -2.54. The topological polar surface area (TPSA) is 107 Å². The number of hydrogen-bond acceptors (Lipinski definition) is 5. The van der Waals surface area contributed by atoms with Crippen LogP contribution in [0.2, 0.25) is 0 Å². The van der Waals surface area contributed by atoms with Gasteiger partial charge in [-0.05, 0) is 36.5 Å². The van der Waals surface area contributed by atoms with E-state index in [9.17, 15) is 19.5 Å². The first-order valence-corrected chi connectivity index (χ1v) is 8.72. The molecule has 2 unspecified atom stereocenters. The highest BCUT2D eigenvalue weighted by Crippen LogP contribution is 2.34. The van der Waals surface area contributed by atoms with Crippen molar-refractivity contribution in [2.75, 3.05) is 24.6 Å². The molecule has 138 valence electrons. The van der Waals surface area contributed by atoms with E-state index in [1.165, 1.54) is 17.7 Å². The Hall–Kier alpha value is -2.45. The van der Waals surface area contributed by atoms with Crippen molar-refractivity contribution in [1.29, 1.82) is 0 Å². The van der Waals surface area contributed by atoms with Crippen LogP contribution in [0.5, 0.6) is 0 Å². The third-order valence-corrected chi connectivity index (χ3v) is 5.12. The summed E-state index contributed by atoms with van der Waals surface area (Å²) in [7, 11) is 0. The van der Waals surface area contributed by atoms with Crippen molar-refractivity contribution in [3.05, 3.63) is 29.3 Å². The number of carbonyl (C=O) groups is 3. The predicted molar refractivity (Wildman–Crippen MR) is 89.6 cm³/mol. The molecule has 8 heteroatoms. The lowest BCUT2D eigenvalue weighted by Gasteiger charge is -2.33. The summed E-state index contributed by atoms with van der Waals surface area (Å²) in [6.45, 7) is 1.70. The molecule has 2 N–H and O–H groups in total. The highest BCUT2D eigenvalue weighted by atomic mass is 16.5. The Labute approximate surface area is 149 Å². The van der Waals surface area contributed by atoms with E-state index in [1.807, 2.05) is 11.0 Å². The van der Waals surface area contributed by atoms with Crippen molar-refractivity contribution >= 4 is 23.5 Å². The van der Waals surface area contributed by atoms with Crippen molar-refractivity contribution in [2.45, 2.75) is 31.6 Å². The zero-order valence-electron chi connectivity index (χ0n) is 14.1. The normalized spacial score (nSPS) is 24.0. The number of carboxylic acid groups (broad SMARTS) is 1. The van der Waals surface area contributed by atoms with Crippen LogP contribution >= 0.6 is 0 Å². The number of ether oxygens (including phenoxy) is 1. The number of carbonyl (C=O) groups excluding carboxylic acids is 2. The molecule has 0 spiro atoms. The van der Waals surface area contributed by atoms with Gasteiger partial charge in [0, 0.05) is 30.9 Å². The van der Waals surface area contributed by atoms with E-state index in [1.54, 1.807) is 12.1 Å². The van der Waals surface area contributed by atoms with Crippen LogP contribution in [0.1, 0.15) is 28.8 Å². The van der Waals surface area contributed by atoms with E-state index in [2.05, 4.69) is 0 Å². The van der Waals surface area contributed by atoms with Gasteiger partial charge in [0.2, 0.25) is 0 Å². The van der Waals surface area contributed by atoms with Crippen molar-refractivity contribution in [1.82, 2.24) is 4.90 Å². The van der Waals surface area contributed by atoms with Crippen LogP contribution in [-0.2, 0) is 20.9 Å². The van der Waals surface area contributed by atoms with E-state index in [0.717, 1.165) is 12.1 Å². The SMILES string of the molecule is O=C(O)C(O)C1OCCN(c2ccc3c(c2)C(=O)N(CC2CC2)C3)C1=O. The lowest BCUT2D eigenvalue weighted by atomic mass is 10.1. The Morgan fingerprint density at radius 2 is 2.08 bits per heavy atom. The molecule has 26 heavy (non-hydrogen) atoms. The first-order chi connectivity index (χ1) is 12.5. The lowest BCUT2D eigenvalue weighted by molar-refractivity contribution is -0.163. The van der Waals surface area contributed by atoms with Crippen LogP contribution in [-0.4, -0.2) is 64.8 Å². The quantitative estimate of drug-likeness (QED) is 0.778. The second-order valence-electron chi connectivity index (χ2n) is 7.03. The van der Waals surface area contributed by atoms with Crippen molar-refractivity contribution < 1.29 is 29.3 Å². The Kier molecular flexibility index (Phi) is 4.16. The highest BCUT2D eigenvalue weighted by molar-refractivity contribution is 6.03. The Balaban J connectivity index is 1.55. The second-order valence-corrected chi connectivity index (χ2v) is 7.03. The Morgan fingerprint density at radius 3 is 2.77 bits per heavy atom. The molecule has 4 rings (SSSR count). The third-order valence-electron chi connectivity index (χ3n) is 5.12. The molecule has 3 aliphatic rings. The average molecular weight is 360 g/mol. The molecule has 2 atom stereocenters. The average Bonchev–Trinajstić information content (AvgIpc) is 3.39. The molecular formula is C18H20N2O6. The molecule has 2 aliphatic heterocycles. The van der Waals surface area contributed by atoms with Crippen LogP contribution in [0.25, 0.3) is 0 Å². The fraction of sp³-hybridized carbons (Fsp3) is 0.500. The van der Waals surface area contributed by atoms with Gasteiger partial charge in [-0.15, -0.1) is 0 Å². The van der Waals surface area contributed by atoms with Gasteiger partial charge >= 0.3 is 5.97 Å². The number of amides is 2. The standard InChI is InChI=1S/C18H20N2O6/c21-14(18(24)25)15-17(23)20(5-6-26-15)12-4-3-11-9-19(8-10-1-2-10)16(22)13(11)7-12/h3-4,7,10,14-15,21H,1-2,5-6,8-9H2,(H,24,25). The molecule has 0 bridgehead atoms. The monoisotopic (exact) mass is 360 g/mol. The molecule has 0 aromatic heterocycles. The summed E-state index contributed by atoms with van der Waals surface area (Å²) in [5, 5.41) is 18.6. The number of hydrogen-bond donors (Lipinski definition) is 2. The summed E-state index contributed by atoms with van der Waals surface area (Å²) in [6.07, 6.45) is -1.03. The van der Waals surface area contributed by atoms with Crippen LogP contribution < -0.4 is 4.90 Å². The van der Waals surface area contributed by atoms with Crippen LogP contribution in [0, 0.1) is 5.92 Å². The minimum Gasteiger partial charge on any atom is -0.479 e. The van der Waals surface area contributed by atoms with Crippen LogP contribution in [0.3, 0.4) is 0 Å². The Morgan fingerprint density at radius 1 is 1.31 bits per heavy atom. The van der Waals surface area contributed by atoms with E-state index in [4.69, 9.17) is 9.84 Å². The molecule has 1 saturated carbocycles. The summed E-state index contributed by atoms with van der Waals surface area (Å²) < 4.78 is 5.15. The molecule has 1 aromatic rings. The minimum atomic E-state index is -1.92. The number of benzene rings is 1. The highest BCUT2D eigenvalue weighted by Gasteiger charge is 2.40. The minimum absolute atomic E-state index is 0.0309. The smallest absolute Gasteiger partial charge is 0.335 e. The summed E-state index contributed by atoms with van der Waals surface area (Å²) >= 11 is 0. The largest absolute Gasteiger partial charge is 0.479 e. The fourth-order valence-corrected chi connectivity index (χ4v) is 3.49. The van der Waals surface area contributed by atoms with Gasteiger partial charge in [-0.2, -0.15) is 0 Å². The van der Waals surface area contributed by atoms with Crippen LogP contribution in [0.15, 0.2) is 18.2 Å². The zero-order valence-corrected chi connectivity index (χ0v) is 14.1. The second kappa shape index (κ2) is 6.37. The number of aliphatic carboxylic acids is 1. The van der Waals surface area contributed by atoms with Gasteiger partial charge in [0.15, 0.2) is 12.2 Å². The maximum atomic E-state index is 12.6. The summed E-state index contributed by atoms with van der Waals surface area (Å²) in [5.41, 5.74) is 2.03. The summed E-state index contributed by atoms with van der Waals surface area (Å²) in [6, 6.07) is 5.26.